The van der Waals surface area contributed by atoms with Crippen molar-refractivity contribution in [2.75, 3.05) is 0 Å². The number of carbonyl (C=O) groups is 1. The van der Waals surface area contributed by atoms with Crippen molar-refractivity contribution >= 4 is 11.9 Å². The lowest BCUT2D eigenvalue weighted by Gasteiger charge is -1.98. The first-order valence-electron chi connectivity index (χ1n) is 3.84. The van der Waals surface area contributed by atoms with Gasteiger partial charge in [-0.1, -0.05) is 36.4 Å². The van der Waals surface area contributed by atoms with Crippen LogP contribution in [0.3, 0.4) is 0 Å². The van der Waals surface area contributed by atoms with Crippen LogP contribution in [0, 0.1) is 0 Å². The molecule has 0 aliphatic heterocycles. The molecule has 0 radical (unpaired) electrons. The fraction of sp³-hybridized carbons (Fsp3) is 0.100. The third-order valence-corrected chi connectivity index (χ3v) is 1.51. The molecule has 0 aliphatic carbocycles. The minimum absolute atomic E-state index is 0.523. The van der Waals surface area contributed by atoms with Gasteiger partial charge < -0.3 is 0 Å². The zero-order chi connectivity index (χ0) is 10.6. The van der Waals surface area contributed by atoms with Crippen molar-refractivity contribution in [2.24, 2.45) is 0 Å². The molecule has 0 bridgehead atoms. The van der Waals surface area contributed by atoms with E-state index in [2.05, 4.69) is 0 Å². The third-order valence-electron chi connectivity index (χ3n) is 1.51. The topological polar surface area (TPSA) is 17.1 Å². The third kappa shape index (κ3) is 3.05. The van der Waals surface area contributed by atoms with Gasteiger partial charge in [-0.2, -0.15) is 13.2 Å². The van der Waals surface area contributed by atoms with E-state index in [1.165, 1.54) is 0 Å². The summed E-state index contributed by atoms with van der Waals surface area (Å²) in [6.07, 6.45) is -3.13. The quantitative estimate of drug-likeness (QED) is 0.671. The highest BCUT2D eigenvalue weighted by Gasteiger charge is 2.35. The number of halogens is 3. The summed E-state index contributed by atoms with van der Waals surface area (Å²) in [5.41, 5.74) is 0.560. The van der Waals surface area contributed by atoms with E-state index in [9.17, 15) is 18.0 Å². The van der Waals surface area contributed by atoms with Gasteiger partial charge in [-0.25, -0.2) is 0 Å². The van der Waals surface area contributed by atoms with E-state index >= 15 is 0 Å². The van der Waals surface area contributed by atoms with Crippen LogP contribution in [0.4, 0.5) is 13.2 Å². The molecule has 1 aromatic rings. The number of benzene rings is 1. The first kappa shape index (κ1) is 10.5. The molecule has 4 heteroatoms. The Labute approximate surface area is 78.9 Å². The van der Waals surface area contributed by atoms with Gasteiger partial charge in [0, 0.05) is 0 Å². The average Bonchev–Trinajstić information content (AvgIpc) is 2.14. The van der Waals surface area contributed by atoms with Crippen LogP contribution in [0.5, 0.6) is 0 Å². The Balaban J connectivity index is 2.71. The van der Waals surface area contributed by atoms with Gasteiger partial charge in [0.2, 0.25) is 0 Å². The number of allylic oxidation sites excluding steroid dienone is 1. The summed E-state index contributed by atoms with van der Waals surface area (Å²) in [5.74, 6) is -1.85. The Morgan fingerprint density at radius 2 is 1.71 bits per heavy atom. The van der Waals surface area contributed by atoms with Crippen molar-refractivity contribution in [1.29, 1.82) is 0 Å². The molecule has 0 heterocycles. The number of rotatable bonds is 2. The van der Waals surface area contributed by atoms with E-state index in [0.717, 1.165) is 6.08 Å². The molecule has 0 fully saturated rings. The van der Waals surface area contributed by atoms with Crippen molar-refractivity contribution in [3.05, 3.63) is 42.0 Å². The minimum Gasteiger partial charge on any atom is -0.285 e. The molecule has 1 rings (SSSR count). The number of carbonyl (C=O) groups excluding carboxylic acids is 1. The van der Waals surface area contributed by atoms with E-state index < -0.39 is 12.0 Å². The Morgan fingerprint density at radius 1 is 1.14 bits per heavy atom. The van der Waals surface area contributed by atoms with Crippen LogP contribution in [-0.2, 0) is 4.79 Å². The highest BCUT2D eigenvalue weighted by atomic mass is 19.4. The summed E-state index contributed by atoms with van der Waals surface area (Å²) < 4.78 is 35.3. The molecule has 0 N–H and O–H groups in total. The first-order valence-corrected chi connectivity index (χ1v) is 3.84. The van der Waals surface area contributed by atoms with E-state index in [-0.39, 0.29) is 0 Å². The van der Waals surface area contributed by atoms with Crippen molar-refractivity contribution in [1.82, 2.24) is 0 Å². The van der Waals surface area contributed by atoms with Crippen molar-refractivity contribution in [2.45, 2.75) is 6.18 Å². The minimum atomic E-state index is -4.79. The standard InChI is InChI=1S/C10H7F3O/c11-10(12,13)9(14)7-6-8-4-2-1-3-5-8/h1-7H/b7-6-. The van der Waals surface area contributed by atoms with Crippen molar-refractivity contribution < 1.29 is 18.0 Å². The maximum Gasteiger partial charge on any atom is 0.454 e. The molecule has 0 aromatic heterocycles. The molecule has 0 spiro atoms. The number of hydrogen-bond acceptors (Lipinski definition) is 1. The zero-order valence-corrected chi connectivity index (χ0v) is 7.08. The summed E-state index contributed by atoms with van der Waals surface area (Å²) in [6, 6.07) is 8.32. The molecular formula is C10H7F3O. The summed E-state index contributed by atoms with van der Waals surface area (Å²) >= 11 is 0. The molecule has 0 saturated carbocycles. The highest BCUT2D eigenvalue weighted by Crippen LogP contribution is 2.17. The second-order valence-electron chi connectivity index (χ2n) is 2.61. The second kappa shape index (κ2) is 4.09. The molecule has 74 valence electrons. The van der Waals surface area contributed by atoms with Crippen molar-refractivity contribution in [3.63, 3.8) is 0 Å². The Bertz CT molecular complexity index is 338. The Morgan fingerprint density at radius 3 is 2.21 bits per heavy atom. The fourth-order valence-corrected chi connectivity index (χ4v) is 0.831. The van der Waals surface area contributed by atoms with Gasteiger partial charge >= 0.3 is 6.18 Å². The molecular weight excluding hydrogens is 193 g/mol. The smallest absolute Gasteiger partial charge is 0.285 e. The van der Waals surface area contributed by atoms with Gasteiger partial charge in [0.05, 0.1) is 0 Å². The molecule has 14 heavy (non-hydrogen) atoms. The number of ketones is 1. The van der Waals surface area contributed by atoms with Gasteiger partial charge in [-0.3, -0.25) is 4.79 Å². The van der Waals surface area contributed by atoms with Crippen LogP contribution < -0.4 is 0 Å². The summed E-state index contributed by atoms with van der Waals surface area (Å²) in [5, 5.41) is 0. The Hall–Kier alpha value is -1.58. The molecule has 1 nitrogen and oxygen atoms in total. The van der Waals surface area contributed by atoms with Crippen LogP contribution in [-0.4, -0.2) is 12.0 Å². The van der Waals surface area contributed by atoms with Crippen molar-refractivity contribution in [3.8, 4) is 0 Å². The Kier molecular flexibility index (Phi) is 3.06. The van der Waals surface area contributed by atoms with Crippen LogP contribution in [0.25, 0.3) is 6.08 Å². The van der Waals surface area contributed by atoms with Crippen LogP contribution in [0.2, 0.25) is 0 Å². The molecule has 1 aromatic carbocycles. The summed E-state index contributed by atoms with van der Waals surface area (Å²) in [6.45, 7) is 0. The summed E-state index contributed by atoms with van der Waals surface area (Å²) in [7, 11) is 0. The van der Waals surface area contributed by atoms with E-state index in [0.29, 0.717) is 11.6 Å². The predicted molar refractivity (Wildman–Crippen MR) is 46.5 cm³/mol. The van der Waals surface area contributed by atoms with E-state index in [1.807, 2.05) is 0 Å². The lowest BCUT2D eigenvalue weighted by Crippen LogP contribution is -2.19. The van der Waals surface area contributed by atoms with Gasteiger partial charge in [-0.15, -0.1) is 0 Å². The fourth-order valence-electron chi connectivity index (χ4n) is 0.831. The predicted octanol–water partition coefficient (Wildman–Crippen LogP) is 2.83. The number of hydrogen-bond donors (Lipinski definition) is 0. The van der Waals surface area contributed by atoms with Crippen LogP contribution in [0.15, 0.2) is 36.4 Å². The van der Waals surface area contributed by atoms with Crippen LogP contribution >= 0.6 is 0 Å². The summed E-state index contributed by atoms with van der Waals surface area (Å²) in [4.78, 5) is 10.4. The maximum atomic E-state index is 11.8. The molecule has 0 atom stereocenters. The monoisotopic (exact) mass is 200 g/mol. The average molecular weight is 200 g/mol. The van der Waals surface area contributed by atoms with Gasteiger partial charge in [0.1, 0.15) is 0 Å². The van der Waals surface area contributed by atoms with E-state index in [1.54, 1.807) is 30.3 Å². The van der Waals surface area contributed by atoms with Gasteiger partial charge in [-0.05, 0) is 11.6 Å². The van der Waals surface area contributed by atoms with Crippen LogP contribution in [0.1, 0.15) is 5.56 Å². The largest absolute Gasteiger partial charge is 0.454 e. The first-order chi connectivity index (χ1) is 6.50. The number of alkyl halides is 3. The highest BCUT2D eigenvalue weighted by molar-refractivity contribution is 5.97. The lowest BCUT2D eigenvalue weighted by atomic mass is 10.2. The maximum absolute atomic E-state index is 11.8. The van der Waals surface area contributed by atoms with Gasteiger partial charge in [0.15, 0.2) is 0 Å². The zero-order valence-electron chi connectivity index (χ0n) is 7.08. The molecule has 0 amide bonds. The lowest BCUT2D eigenvalue weighted by molar-refractivity contribution is -0.165. The van der Waals surface area contributed by atoms with Gasteiger partial charge in [0.25, 0.3) is 5.78 Å². The molecule has 0 aliphatic rings. The normalized spacial score (nSPS) is 11.9. The molecule has 0 unspecified atom stereocenters. The SMILES string of the molecule is O=C(/C=C\c1ccccc1)C(F)(F)F. The van der Waals surface area contributed by atoms with E-state index in [4.69, 9.17) is 0 Å². The second-order valence-corrected chi connectivity index (χ2v) is 2.61. The molecule has 0 saturated heterocycles.